The van der Waals surface area contributed by atoms with Crippen LogP contribution in [0.1, 0.15) is 11.3 Å². The number of anilines is 1. The van der Waals surface area contributed by atoms with Crippen molar-refractivity contribution in [1.82, 2.24) is 10.3 Å². The first-order valence-corrected chi connectivity index (χ1v) is 9.80. The van der Waals surface area contributed by atoms with Crippen LogP contribution in [0.3, 0.4) is 0 Å². The van der Waals surface area contributed by atoms with Crippen LogP contribution in [-0.2, 0) is 16.0 Å². The molecule has 1 aromatic carbocycles. The monoisotopic (exact) mass is 425 g/mol. The molecule has 9 heteroatoms. The largest absolute Gasteiger partial charge is 0.495 e. The van der Waals surface area contributed by atoms with Crippen molar-refractivity contribution in [3.63, 3.8) is 0 Å². The number of carbonyl (C=O) groups excluding carboxylic acids is 2. The number of amides is 2. The molecule has 3 aromatic rings. The van der Waals surface area contributed by atoms with E-state index in [2.05, 4.69) is 15.6 Å². The van der Waals surface area contributed by atoms with Crippen molar-refractivity contribution in [2.75, 3.05) is 12.4 Å². The molecule has 0 saturated carbocycles. The topological polar surface area (TPSA) is 93.5 Å². The highest BCUT2D eigenvalue weighted by atomic mass is 32.2. The van der Waals surface area contributed by atoms with E-state index < -0.39 is 0 Å². The summed E-state index contributed by atoms with van der Waals surface area (Å²) in [4.78, 5) is 29.0. The second kappa shape index (κ2) is 8.06. The van der Waals surface area contributed by atoms with E-state index in [1.807, 2.05) is 12.1 Å². The van der Waals surface area contributed by atoms with Crippen LogP contribution >= 0.6 is 24.0 Å². The molecule has 2 amide bonds. The van der Waals surface area contributed by atoms with Crippen molar-refractivity contribution >= 4 is 62.8 Å². The summed E-state index contributed by atoms with van der Waals surface area (Å²) < 4.78 is 11.5. The summed E-state index contributed by atoms with van der Waals surface area (Å²) in [7, 11) is 1.55. The van der Waals surface area contributed by atoms with E-state index in [0.717, 1.165) is 5.39 Å². The van der Waals surface area contributed by atoms with Gasteiger partial charge in [-0.25, -0.2) is 0 Å². The number of pyridine rings is 1. The fourth-order valence-corrected chi connectivity index (χ4v) is 3.92. The van der Waals surface area contributed by atoms with Crippen LogP contribution in [0.2, 0.25) is 0 Å². The van der Waals surface area contributed by atoms with E-state index in [-0.39, 0.29) is 18.2 Å². The highest BCUT2D eigenvalue weighted by Gasteiger charge is 2.23. The molecule has 146 valence electrons. The maximum absolute atomic E-state index is 12.5. The number of hydrogen-bond acceptors (Lipinski definition) is 7. The number of rotatable bonds is 5. The molecule has 3 heterocycles. The summed E-state index contributed by atoms with van der Waals surface area (Å²) in [6, 6.07) is 8.95. The number of methoxy groups -OCH3 is 1. The van der Waals surface area contributed by atoms with Crippen molar-refractivity contribution in [2.45, 2.75) is 6.42 Å². The van der Waals surface area contributed by atoms with Crippen molar-refractivity contribution < 1.29 is 18.7 Å². The molecule has 0 bridgehead atoms. The predicted octanol–water partition coefficient (Wildman–Crippen LogP) is 3.51. The highest BCUT2D eigenvalue weighted by molar-refractivity contribution is 8.26. The summed E-state index contributed by atoms with van der Waals surface area (Å²) in [5, 5.41) is 6.14. The Morgan fingerprint density at radius 1 is 1.38 bits per heavy atom. The molecule has 1 aliphatic heterocycles. The molecule has 1 aliphatic rings. The lowest BCUT2D eigenvalue weighted by atomic mass is 10.1. The van der Waals surface area contributed by atoms with E-state index in [0.29, 0.717) is 37.6 Å². The smallest absolute Gasteiger partial charge is 0.263 e. The van der Waals surface area contributed by atoms with Gasteiger partial charge in [0.15, 0.2) is 0 Å². The van der Waals surface area contributed by atoms with Gasteiger partial charge >= 0.3 is 0 Å². The minimum absolute atomic E-state index is 0.0746. The first-order chi connectivity index (χ1) is 14.0. The van der Waals surface area contributed by atoms with Crippen molar-refractivity contribution in [1.29, 1.82) is 0 Å². The summed E-state index contributed by atoms with van der Waals surface area (Å²) >= 11 is 6.17. The molecular weight excluding hydrogens is 410 g/mol. The number of fused-ring (bicyclic) bond motifs is 1. The quantitative estimate of drug-likeness (QED) is 0.477. The van der Waals surface area contributed by atoms with E-state index in [1.165, 1.54) is 11.8 Å². The normalized spacial score (nSPS) is 15.0. The lowest BCUT2D eigenvalue weighted by Gasteiger charge is -2.09. The summed E-state index contributed by atoms with van der Waals surface area (Å²) in [6.45, 7) is 0. The Bertz CT molecular complexity index is 1170. The molecule has 7 nitrogen and oxygen atoms in total. The molecule has 0 aliphatic carbocycles. The Labute approximate surface area is 175 Å². The maximum atomic E-state index is 12.5. The third-order valence-electron chi connectivity index (χ3n) is 4.16. The lowest BCUT2D eigenvalue weighted by Crippen LogP contribution is -2.17. The second-order valence-electron chi connectivity index (χ2n) is 6.14. The standard InChI is InChI=1S/C20H15N3O4S2/c1-26-15-5-3-2-4-14(15)22-17(24)7-12-10-21-9-11-6-13(27-18(11)12)8-16-19(25)23-20(28)29-16/h2-6,8-10H,7H2,1H3,(H,22,24)(H,23,25,28)/b16-8-. The van der Waals surface area contributed by atoms with Gasteiger partial charge in [0, 0.05) is 29.4 Å². The van der Waals surface area contributed by atoms with Gasteiger partial charge in [0.2, 0.25) is 5.91 Å². The molecule has 1 saturated heterocycles. The SMILES string of the molecule is COc1ccccc1NC(=O)Cc1cncc2cc(/C=C3\SC(=S)NC3=O)oc12. The van der Waals surface area contributed by atoms with Gasteiger partial charge in [-0.3, -0.25) is 14.6 Å². The fourth-order valence-electron chi connectivity index (χ4n) is 2.90. The van der Waals surface area contributed by atoms with Gasteiger partial charge in [0.25, 0.3) is 5.91 Å². The van der Waals surface area contributed by atoms with Crippen LogP contribution in [0.5, 0.6) is 5.75 Å². The van der Waals surface area contributed by atoms with Crippen molar-refractivity contribution in [3.8, 4) is 5.75 Å². The van der Waals surface area contributed by atoms with Gasteiger partial charge in [-0.15, -0.1) is 0 Å². The number of ether oxygens (including phenoxy) is 1. The number of aromatic nitrogens is 1. The lowest BCUT2D eigenvalue weighted by molar-refractivity contribution is -0.116. The minimum Gasteiger partial charge on any atom is -0.495 e. The number of thiocarbonyl (C=S) groups is 1. The van der Waals surface area contributed by atoms with Crippen LogP contribution in [0.4, 0.5) is 5.69 Å². The van der Waals surface area contributed by atoms with E-state index >= 15 is 0 Å². The summed E-state index contributed by atoms with van der Waals surface area (Å²) in [5.41, 5.74) is 1.77. The zero-order valence-electron chi connectivity index (χ0n) is 15.2. The van der Waals surface area contributed by atoms with Gasteiger partial charge < -0.3 is 19.8 Å². The number of furan rings is 1. The van der Waals surface area contributed by atoms with Crippen LogP contribution in [0.25, 0.3) is 17.0 Å². The summed E-state index contributed by atoms with van der Waals surface area (Å²) in [5.74, 6) is 0.585. The number of nitrogens with one attached hydrogen (secondary N) is 2. The average Bonchev–Trinajstić information content (AvgIpc) is 3.25. The fraction of sp³-hybridized carbons (Fsp3) is 0.100. The van der Waals surface area contributed by atoms with Crippen molar-refractivity contribution in [2.24, 2.45) is 0 Å². The van der Waals surface area contributed by atoms with Gasteiger partial charge in [-0.2, -0.15) is 0 Å². The highest BCUT2D eigenvalue weighted by Crippen LogP contribution is 2.29. The molecule has 1 fully saturated rings. The van der Waals surface area contributed by atoms with E-state index in [4.69, 9.17) is 21.4 Å². The number of carbonyl (C=O) groups is 2. The zero-order valence-corrected chi connectivity index (χ0v) is 16.9. The maximum Gasteiger partial charge on any atom is 0.263 e. The molecule has 2 aromatic heterocycles. The second-order valence-corrected chi connectivity index (χ2v) is 7.86. The minimum atomic E-state index is -0.255. The molecule has 2 N–H and O–H groups in total. The number of para-hydroxylation sites is 2. The zero-order chi connectivity index (χ0) is 20.4. The third-order valence-corrected chi connectivity index (χ3v) is 5.33. The first-order valence-electron chi connectivity index (χ1n) is 8.57. The Morgan fingerprint density at radius 2 is 2.21 bits per heavy atom. The van der Waals surface area contributed by atoms with Crippen LogP contribution < -0.4 is 15.4 Å². The Balaban J connectivity index is 1.57. The molecule has 0 atom stereocenters. The van der Waals surface area contributed by atoms with Gasteiger partial charge in [0.1, 0.15) is 21.4 Å². The van der Waals surface area contributed by atoms with E-state index in [1.54, 1.807) is 43.8 Å². The predicted molar refractivity (Wildman–Crippen MR) is 116 cm³/mol. The van der Waals surface area contributed by atoms with Gasteiger partial charge in [-0.1, -0.05) is 36.1 Å². The number of thioether (sulfide) groups is 1. The molecular formula is C20H15N3O4S2. The van der Waals surface area contributed by atoms with Crippen LogP contribution in [0.15, 0.2) is 52.0 Å². The Hall–Kier alpha value is -3.17. The third kappa shape index (κ3) is 4.15. The van der Waals surface area contributed by atoms with Gasteiger partial charge in [0.05, 0.1) is 24.1 Å². The average molecular weight is 425 g/mol. The van der Waals surface area contributed by atoms with Crippen LogP contribution in [-0.4, -0.2) is 28.2 Å². The molecule has 0 radical (unpaired) electrons. The number of benzene rings is 1. The summed E-state index contributed by atoms with van der Waals surface area (Å²) in [6.07, 6.45) is 4.94. The first kappa shape index (κ1) is 19.2. The Morgan fingerprint density at radius 3 is 2.97 bits per heavy atom. The molecule has 0 unspecified atom stereocenters. The van der Waals surface area contributed by atoms with Crippen LogP contribution in [0, 0.1) is 0 Å². The van der Waals surface area contributed by atoms with Crippen molar-refractivity contribution in [3.05, 3.63) is 59.0 Å². The molecule has 29 heavy (non-hydrogen) atoms. The molecule has 4 rings (SSSR count). The van der Waals surface area contributed by atoms with Gasteiger partial charge in [-0.05, 0) is 18.2 Å². The number of nitrogens with zero attached hydrogens (tertiary/aromatic N) is 1. The van der Waals surface area contributed by atoms with E-state index in [9.17, 15) is 9.59 Å². The number of hydrogen-bond donors (Lipinski definition) is 2. The molecule has 0 spiro atoms. The Kier molecular flexibility index (Phi) is 5.32.